The number of anilines is 1. The average molecular weight is 391 g/mol. The van der Waals surface area contributed by atoms with Crippen LogP contribution in [0.1, 0.15) is 12.0 Å². The van der Waals surface area contributed by atoms with E-state index in [9.17, 15) is 26.4 Å². The van der Waals surface area contributed by atoms with Gasteiger partial charge in [-0.2, -0.15) is 13.2 Å². The maximum Gasteiger partial charge on any atom is 0.416 e. The Bertz CT molecular complexity index is 757. The van der Waals surface area contributed by atoms with Crippen LogP contribution in [0.5, 0.6) is 0 Å². The molecule has 0 spiro atoms. The Morgan fingerprint density at radius 2 is 1.69 bits per heavy atom. The second-order valence-corrected chi connectivity index (χ2v) is 8.81. The monoisotopic (exact) mass is 391 g/mol. The summed E-state index contributed by atoms with van der Waals surface area (Å²) in [5.74, 6) is 0.386. The van der Waals surface area contributed by atoms with Crippen LogP contribution in [0.2, 0.25) is 0 Å². The van der Waals surface area contributed by atoms with Gasteiger partial charge in [0, 0.05) is 37.9 Å². The summed E-state index contributed by atoms with van der Waals surface area (Å²) in [6.45, 7) is 2.06. The SMILES string of the molecule is O=C(Nc1ccc(C(F)(F)F)cc1)N1CCN(C2CCS(=O)(=O)C2)CC1. The van der Waals surface area contributed by atoms with Crippen molar-refractivity contribution in [1.29, 1.82) is 0 Å². The summed E-state index contributed by atoms with van der Waals surface area (Å²) in [5, 5.41) is 2.59. The highest BCUT2D eigenvalue weighted by atomic mass is 32.2. The van der Waals surface area contributed by atoms with Crippen molar-refractivity contribution in [2.75, 3.05) is 43.0 Å². The summed E-state index contributed by atoms with van der Waals surface area (Å²) in [4.78, 5) is 15.9. The first-order valence-electron chi connectivity index (χ1n) is 8.32. The number of urea groups is 1. The quantitative estimate of drug-likeness (QED) is 0.838. The fraction of sp³-hybridized carbons (Fsp3) is 0.562. The molecule has 1 atom stereocenters. The van der Waals surface area contributed by atoms with Gasteiger partial charge in [-0.15, -0.1) is 0 Å². The Kier molecular flexibility index (Phi) is 5.16. The lowest BCUT2D eigenvalue weighted by Crippen LogP contribution is -2.53. The molecule has 6 nitrogen and oxygen atoms in total. The van der Waals surface area contributed by atoms with Crippen LogP contribution in [0.15, 0.2) is 24.3 Å². The third-order valence-electron chi connectivity index (χ3n) is 4.79. The molecular formula is C16H20F3N3O3S. The minimum Gasteiger partial charge on any atom is -0.322 e. The zero-order valence-electron chi connectivity index (χ0n) is 14.0. The molecule has 0 aliphatic carbocycles. The molecule has 10 heteroatoms. The first-order valence-corrected chi connectivity index (χ1v) is 10.1. The number of carbonyl (C=O) groups is 1. The van der Waals surface area contributed by atoms with Crippen LogP contribution in [0.4, 0.5) is 23.7 Å². The Morgan fingerprint density at radius 1 is 1.08 bits per heavy atom. The molecule has 0 bridgehead atoms. The first kappa shape index (κ1) is 19.0. The van der Waals surface area contributed by atoms with E-state index in [1.54, 1.807) is 4.90 Å². The molecule has 1 aromatic carbocycles. The van der Waals surface area contributed by atoms with E-state index in [0.717, 1.165) is 12.1 Å². The van der Waals surface area contributed by atoms with Crippen molar-refractivity contribution >= 4 is 21.6 Å². The number of hydrogen-bond donors (Lipinski definition) is 1. The molecule has 2 heterocycles. The molecule has 2 saturated heterocycles. The number of benzene rings is 1. The molecule has 1 unspecified atom stereocenters. The summed E-state index contributed by atoms with van der Waals surface area (Å²) in [6.07, 6.45) is -3.79. The predicted molar refractivity (Wildman–Crippen MR) is 90.7 cm³/mol. The Morgan fingerprint density at radius 3 is 2.19 bits per heavy atom. The topological polar surface area (TPSA) is 69.7 Å². The van der Waals surface area contributed by atoms with Crippen molar-refractivity contribution in [2.45, 2.75) is 18.6 Å². The smallest absolute Gasteiger partial charge is 0.322 e. The van der Waals surface area contributed by atoms with Gasteiger partial charge in [-0.25, -0.2) is 13.2 Å². The number of piperazine rings is 1. The largest absolute Gasteiger partial charge is 0.416 e. The van der Waals surface area contributed by atoms with Crippen LogP contribution >= 0.6 is 0 Å². The summed E-state index contributed by atoms with van der Waals surface area (Å²) in [5.41, 5.74) is -0.469. The molecule has 2 aliphatic heterocycles. The molecule has 2 fully saturated rings. The molecule has 0 radical (unpaired) electrons. The average Bonchev–Trinajstić information content (AvgIpc) is 2.94. The second kappa shape index (κ2) is 7.07. The molecule has 1 N–H and O–H groups in total. The van der Waals surface area contributed by atoms with E-state index < -0.39 is 21.6 Å². The molecular weight excluding hydrogens is 371 g/mol. The third kappa shape index (κ3) is 4.47. The Labute approximate surface area is 149 Å². The second-order valence-electron chi connectivity index (χ2n) is 6.59. The summed E-state index contributed by atoms with van der Waals surface area (Å²) in [6, 6.07) is 3.94. The van der Waals surface area contributed by atoms with E-state index in [4.69, 9.17) is 0 Å². The highest BCUT2D eigenvalue weighted by molar-refractivity contribution is 7.91. The van der Waals surface area contributed by atoms with E-state index >= 15 is 0 Å². The lowest BCUT2D eigenvalue weighted by Gasteiger charge is -2.37. The molecule has 0 saturated carbocycles. The minimum absolute atomic E-state index is 0.0140. The van der Waals surface area contributed by atoms with Gasteiger partial charge in [-0.1, -0.05) is 0 Å². The van der Waals surface area contributed by atoms with Gasteiger partial charge in [-0.3, -0.25) is 4.90 Å². The lowest BCUT2D eigenvalue weighted by molar-refractivity contribution is -0.137. The van der Waals surface area contributed by atoms with Crippen molar-refractivity contribution in [3.8, 4) is 0 Å². The van der Waals surface area contributed by atoms with Crippen molar-refractivity contribution in [1.82, 2.24) is 9.80 Å². The van der Waals surface area contributed by atoms with Crippen LogP contribution in [0.3, 0.4) is 0 Å². The summed E-state index contributed by atoms with van der Waals surface area (Å²) < 4.78 is 60.8. The number of carbonyl (C=O) groups excluding carboxylic acids is 1. The number of hydrogen-bond acceptors (Lipinski definition) is 4. The fourth-order valence-electron chi connectivity index (χ4n) is 3.30. The highest BCUT2D eigenvalue weighted by Gasteiger charge is 2.34. The van der Waals surface area contributed by atoms with Crippen molar-refractivity contribution < 1.29 is 26.4 Å². The van der Waals surface area contributed by atoms with E-state index in [0.29, 0.717) is 38.3 Å². The van der Waals surface area contributed by atoms with Gasteiger partial charge in [0.05, 0.1) is 17.1 Å². The Balaban J connectivity index is 1.51. The van der Waals surface area contributed by atoms with Gasteiger partial charge in [0.25, 0.3) is 0 Å². The van der Waals surface area contributed by atoms with Crippen LogP contribution < -0.4 is 5.32 Å². The maximum atomic E-state index is 12.5. The fourth-order valence-corrected chi connectivity index (χ4v) is 5.06. The number of sulfone groups is 1. The van der Waals surface area contributed by atoms with Crippen LogP contribution in [-0.4, -0.2) is 68.0 Å². The standard InChI is InChI=1S/C16H20F3N3O3S/c17-16(18,19)12-1-3-13(4-2-12)20-15(23)22-8-6-21(7-9-22)14-5-10-26(24,25)11-14/h1-4,14H,5-11H2,(H,20,23). The predicted octanol–water partition coefficient (Wildman–Crippen LogP) is 2.04. The zero-order valence-corrected chi connectivity index (χ0v) is 14.8. The summed E-state index contributed by atoms with van der Waals surface area (Å²) in [7, 11) is -2.94. The van der Waals surface area contributed by atoms with Crippen LogP contribution in [0.25, 0.3) is 0 Å². The van der Waals surface area contributed by atoms with Crippen LogP contribution in [-0.2, 0) is 16.0 Å². The number of amides is 2. The van der Waals surface area contributed by atoms with Gasteiger partial charge in [0.15, 0.2) is 9.84 Å². The van der Waals surface area contributed by atoms with Gasteiger partial charge in [0.1, 0.15) is 0 Å². The normalized spacial score (nSPS) is 23.8. The Hall–Kier alpha value is -1.81. The molecule has 144 valence electrons. The number of nitrogens with one attached hydrogen (secondary N) is 1. The number of nitrogens with zero attached hydrogens (tertiary/aromatic N) is 2. The van der Waals surface area contributed by atoms with Gasteiger partial charge >= 0.3 is 12.2 Å². The van der Waals surface area contributed by atoms with Crippen molar-refractivity contribution in [3.05, 3.63) is 29.8 Å². The molecule has 26 heavy (non-hydrogen) atoms. The molecule has 2 aliphatic rings. The highest BCUT2D eigenvalue weighted by Crippen LogP contribution is 2.29. The zero-order chi connectivity index (χ0) is 18.9. The van der Waals surface area contributed by atoms with Crippen molar-refractivity contribution in [3.63, 3.8) is 0 Å². The van der Waals surface area contributed by atoms with Crippen molar-refractivity contribution in [2.24, 2.45) is 0 Å². The molecule has 2 amide bonds. The third-order valence-corrected chi connectivity index (χ3v) is 6.54. The number of rotatable bonds is 2. The van der Waals surface area contributed by atoms with E-state index in [-0.39, 0.29) is 23.6 Å². The number of halogens is 3. The van der Waals surface area contributed by atoms with Gasteiger partial charge < -0.3 is 10.2 Å². The van der Waals surface area contributed by atoms with E-state index in [1.165, 1.54) is 12.1 Å². The maximum absolute atomic E-state index is 12.5. The van der Waals surface area contributed by atoms with Gasteiger partial charge in [-0.05, 0) is 30.7 Å². The lowest BCUT2D eigenvalue weighted by atomic mass is 10.2. The summed E-state index contributed by atoms with van der Waals surface area (Å²) >= 11 is 0. The van der Waals surface area contributed by atoms with Crippen LogP contribution in [0, 0.1) is 0 Å². The number of alkyl halides is 3. The molecule has 3 rings (SSSR count). The molecule has 0 aromatic heterocycles. The first-order chi connectivity index (χ1) is 12.1. The van der Waals surface area contributed by atoms with Gasteiger partial charge in [0.2, 0.25) is 0 Å². The molecule has 1 aromatic rings. The minimum atomic E-state index is -4.41. The van der Waals surface area contributed by atoms with E-state index in [2.05, 4.69) is 10.2 Å². The van der Waals surface area contributed by atoms with E-state index in [1.807, 2.05) is 0 Å².